The van der Waals surface area contributed by atoms with E-state index in [0.29, 0.717) is 31.1 Å². The Morgan fingerprint density at radius 2 is 2.00 bits per heavy atom. The van der Waals surface area contributed by atoms with Gasteiger partial charge < -0.3 is 18.8 Å². The van der Waals surface area contributed by atoms with Gasteiger partial charge in [0, 0.05) is 35.8 Å². The predicted octanol–water partition coefficient (Wildman–Crippen LogP) is 3.00. The fourth-order valence-corrected chi connectivity index (χ4v) is 4.17. The van der Waals surface area contributed by atoms with Gasteiger partial charge in [0.05, 0.1) is 25.1 Å². The zero-order chi connectivity index (χ0) is 21.4. The number of carboxylic acid groups (broad SMARTS) is 1. The Morgan fingerprint density at radius 1 is 1.27 bits per heavy atom. The van der Waals surface area contributed by atoms with Crippen molar-refractivity contribution in [3.63, 3.8) is 0 Å². The van der Waals surface area contributed by atoms with E-state index in [1.54, 1.807) is 18.2 Å². The molecule has 0 radical (unpaired) electrons. The third kappa shape index (κ3) is 4.01. The minimum Gasteiger partial charge on any atom is -0.477 e. The number of carbonyl (C=O) groups is 1. The Labute approximate surface area is 185 Å². The lowest BCUT2D eigenvalue weighted by molar-refractivity contribution is 0.0315. The first kappa shape index (κ1) is 21.0. The molecule has 1 saturated heterocycles. The second kappa shape index (κ2) is 8.48. The third-order valence-corrected chi connectivity index (χ3v) is 5.98. The fourth-order valence-electron chi connectivity index (χ4n) is 3.72. The number of rotatable bonds is 5. The highest BCUT2D eigenvalue weighted by Crippen LogP contribution is 2.27. The molecular formula is C21H20FIN2O5. The number of hydrogen-bond acceptors (Lipinski definition) is 5. The average Bonchev–Trinajstić information content (AvgIpc) is 3.11. The Bertz CT molecular complexity index is 1180. The molecule has 1 aliphatic heterocycles. The van der Waals surface area contributed by atoms with Gasteiger partial charge in [-0.25, -0.2) is 9.18 Å². The quantitative estimate of drug-likeness (QED) is 0.515. The summed E-state index contributed by atoms with van der Waals surface area (Å²) in [6.07, 6.45) is -0.0361. The Morgan fingerprint density at radius 3 is 2.67 bits per heavy atom. The maximum atomic E-state index is 14.4. The fraction of sp³-hybridized carbons (Fsp3) is 0.333. The van der Waals surface area contributed by atoms with Crippen LogP contribution < -0.4 is 5.56 Å². The number of halogens is 2. The van der Waals surface area contributed by atoms with Gasteiger partial charge in [-0.05, 0) is 46.4 Å². The van der Waals surface area contributed by atoms with Crippen LogP contribution in [0, 0.1) is 9.39 Å². The number of hydrogen-bond donors (Lipinski definition) is 1. The van der Waals surface area contributed by atoms with E-state index in [1.165, 1.54) is 17.7 Å². The van der Waals surface area contributed by atoms with Crippen molar-refractivity contribution >= 4 is 39.5 Å². The Balaban J connectivity index is 1.81. The molecule has 3 heterocycles. The van der Waals surface area contributed by atoms with Gasteiger partial charge in [0.1, 0.15) is 17.1 Å². The van der Waals surface area contributed by atoms with Crippen LogP contribution in [0.15, 0.2) is 33.5 Å². The van der Waals surface area contributed by atoms with E-state index in [1.807, 2.05) is 22.6 Å². The molecule has 1 fully saturated rings. The minimum atomic E-state index is -1.22. The van der Waals surface area contributed by atoms with E-state index < -0.39 is 11.8 Å². The summed E-state index contributed by atoms with van der Waals surface area (Å²) in [5, 5.41) is 10.1. The number of carboxylic acids is 1. The van der Waals surface area contributed by atoms with Crippen LogP contribution >= 0.6 is 22.6 Å². The second-order valence-corrected chi connectivity index (χ2v) is 8.49. The average molecular weight is 526 g/mol. The van der Waals surface area contributed by atoms with Crippen molar-refractivity contribution in [3.05, 3.63) is 66.6 Å². The van der Waals surface area contributed by atoms with Crippen molar-refractivity contribution in [2.45, 2.75) is 13.0 Å². The molecule has 0 aliphatic carbocycles. The lowest BCUT2D eigenvalue weighted by Gasteiger charge is -2.25. The molecule has 7 nitrogen and oxygen atoms in total. The number of furan rings is 1. The van der Waals surface area contributed by atoms with Crippen molar-refractivity contribution in [1.82, 2.24) is 9.47 Å². The summed E-state index contributed by atoms with van der Waals surface area (Å²) in [4.78, 5) is 27.2. The molecular weight excluding hydrogens is 506 g/mol. The minimum absolute atomic E-state index is 0.0361. The molecule has 0 spiro atoms. The highest BCUT2D eigenvalue weighted by atomic mass is 127. The summed E-state index contributed by atoms with van der Waals surface area (Å²) in [6.45, 7) is 3.17. The zero-order valence-corrected chi connectivity index (χ0v) is 18.4. The highest BCUT2D eigenvalue weighted by molar-refractivity contribution is 14.1. The number of nitrogens with zero attached hydrogens (tertiary/aromatic N) is 2. The van der Waals surface area contributed by atoms with Crippen molar-refractivity contribution in [2.24, 2.45) is 7.05 Å². The van der Waals surface area contributed by atoms with Crippen LogP contribution in [-0.2, 0) is 24.8 Å². The number of ether oxygens (including phenoxy) is 1. The van der Waals surface area contributed by atoms with Crippen molar-refractivity contribution < 1.29 is 23.4 Å². The normalized spacial score (nSPS) is 15.0. The number of aromatic nitrogens is 1. The maximum absolute atomic E-state index is 14.4. The number of benzene rings is 1. The molecule has 0 saturated carbocycles. The van der Waals surface area contributed by atoms with Gasteiger partial charge in [-0.15, -0.1) is 0 Å². The molecule has 3 aromatic rings. The molecule has 0 amide bonds. The summed E-state index contributed by atoms with van der Waals surface area (Å²) in [5.74, 6) is -1.15. The first-order valence-corrected chi connectivity index (χ1v) is 10.5. The molecule has 4 rings (SSSR count). The molecule has 30 heavy (non-hydrogen) atoms. The van der Waals surface area contributed by atoms with E-state index in [9.17, 15) is 19.1 Å². The van der Waals surface area contributed by atoms with Crippen molar-refractivity contribution in [3.8, 4) is 0 Å². The third-order valence-electron chi connectivity index (χ3n) is 5.31. The molecule has 158 valence electrons. The summed E-state index contributed by atoms with van der Waals surface area (Å²) < 4.78 is 27.6. The van der Waals surface area contributed by atoms with Crippen LogP contribution in [0.25, 0.3) is 11.0 Å². The molecule has 0 atom stereocenters. The van der Waals surface area contributed by atoms with Crippen LogP contribution in [0.1, 0.15) is 27.4 Å². The lowest BCUT2D eigenvalue weighted by atomic mass is 10.0. The molecule has 0 unspecified atom stereocenters. The van der Waals surface area contributed by atoms with Gasteiger partial charge >= 0.3 is 5.97 Å². The Kier molecular flexibility index (Phi) is 5.94. The van der Waals surface area contributed by atoms with Crippen molar-refractivity contribution in [1.29, 1.82) is 0 Å². The molecule has 1 N–H and O–H groups in total. The number of morpholine rings is 1. The van der Waals surface area contributed by atoms with Gasteiger partial charge in [0.15, 0.2) is 5.58 Å². The first-order valence-electron chi connectivity index (χ1n) is 9.46. The van der Waals surface area contributed by atoms with Gasteiger partial charge in [-0.2, -0.15) is 0 Å². The number of fused-ring (bicyclic) bond motifs is 1. The zero-order valence-electron chi connectivity index (χ0n) is 16.3. The molecule has 1 aromatic carbocycles. The van der Waals surface area contributed by atoms with Crippen molar-refractivity contribution in [2.75, 3.05) is 26.3 Å². The summed E-state index contributed by atoms with van der Waals surface area (Å²) in [7, 11) is 1.50. The first-order chi connectivity index (χ1) is 14.3. The van der Waals surface area contributed by atoms with Crippen LogP contribution in [0.3, 0.4) is 0 Å². The van der Waals surface area contributed by atoms with Crippen LogP contribution in [0.2, 0.25) is 0 Å². The molecule has 9 heteroatoms. The van der Waals surface area contributed by atoms with Gasteiger partial charge in [0.2, 0.25) is 0 Å². The predicted molar refractivity (Wildman–Crippen MR) is 116 cm³/mol. The smallest absolute Gasteiger partial charge is 0.341 e. The number of pyridine rings is 1. The SMILES string of the molecule is Cn1c(Cc2ccc(I)cc2F)c(C(=O)O)c2oc(CN3CCOCC3)cc2c1=O. The summed E-state index contributed by atoms with van der Waals surface area (Å²) in [6, 6.07) is 6.32. The van der Waals surface area contributed by atoms with E-state index in [2.05, 4.69) is 4.90 Å². The van der Waals surface area contributed by atoms with Gasteiger partial charge in [0.25, 0.3) is 5.56 Å². The molecule has 1 aliphatic rings. The van der Waals surface area contributed by atoms with E-state index >= 15 is 0 Å². The van der Waals surface area contributed by atoms with Crippen LogP contribution in [0.4, 0.5) is 4.39 Å². The summed E-state index contributed by atoms with van der Waals surface area (Å²) in [5.41, 5.74) is 0.0701. The second-order valence-electron chi connectivity index (χ2n) is 7.25. The highest BCUT2D eigenvalue weighted by Gasteiger charge is 2.25. The van der Waals surface area contributed by atoms with E-state index in [-0.39, 0.29) is 34.2 Å². The maximum Gasteiger partial charge on any atom is 0.341 e. The lowest BCUT2D eigenvalue weighted by Crippen LogP contribution is -2.35. The molecule has 0 bridgehead atoms. The molecule has 2 aromatic heterocycles. The summed E-state index contributed by atoms with van der Waals surface area (Å²) >= 11 is 2.00. The largest absolute Gasteiger partial charge is 0.477 e. The topological polar surface area (TPSA) is 84.9 Å². The number of aromatic carboxylic acids is 1. The van der Waals surface area contributed by atoms with Gasteiger partial charge in [-0.1, -0.05) is 6.07 Å². The monoisotopic (exact) mass is 526 g/mol. The standard InChI is InChI=1S/C21H20FIN2O5/c1-24-17(8-12-2-3-13(23)9-16(12)22)18(21(27)28)19-15(20(24)26)10-14(30-19)11-25-4-6-29-7-5-25/h2-3,9-10H,4-8,11H2,1H3,(H,27,28). The van der Waals surface area contributed by atoms with Crippen LogP contribution in [-0.4, -0.2) is 46.8 Å². The van der Waals surface area contributed by atoms with E-state index in [4.69, 9.17) is 9.15 Å². The van der Waals surface area contributed by atoms with E-state index in [0.717, 1.165) is 16.7 Å². The van der Waals surface area contributed by atoms with Gasteiger partial charge in [-0.3, -0.25) is 9.69 Å². The Hall–Kier alpha value is -2.24. The van der Waals surface area contributed by atoms with Crippen LogP contribution in [0.5, 0.6) is 0 Å².